The minimum atomic E-state index is 0.0801. The summed E-state index contributed by atoms with van der Waals surface area (Å²) < 4.78 is 0. The molecule has 1 aromatic heterocycles. The predicted molar refractivity (Wildman–Crippen MR) is 97.1 cm³/mol. The Labute approximate surface area is 148 Å². The van der Waals surface area contributed by atoms with Crippen LogP contribution in [0.3, 0.4) is 0 Å². The molecule has 4 nitrogen and oxygen atoms in total. The fourth-order valence-corrected chi connectivity index (χ4v) is 4.90. The molecule has 24 heavy (non-hydrogen) atoms. The van der Waals surface area contributed by atoms with E-state index in [9.17, 15) is 9.59 Å². The number of hydrogen-bond acceptors (Lipinski definition) is 3. The van der Waals surface area contributed by atoms with E-state index in [1.165, 1.54) is 30.6 Å². The summed E-state index contributed by atoms with van der Waals surface area (Å²) in [6.07, 6.45) is 6.49. The second-order valence-corrected chi connectivity index (χ2v) is 8.27. The monoisotopic (exact) mass is 348 g/mol. The lowest BCUT2D eigenvalue weighted by Gasteiger charge is -2.39. The van der Waals surface area contributed by atoms with E-state index in [0.717, 1.165) is 24.1 Å². The van der Waals surface area contributed by atoms with Crippen molar-refractivity contribution in [3.8, 4) is 0 Å². The van der Waals surface area contributed by atoms with Crippen LogP contribution in [0.5, 0.6) is 0 Å². The summed E-state index contributed by atoms with van der Waals surface area (Å²) in [7, 11) is 1.98. The van der Waals surface area contributed by atoms with Gasteiger partial charge >= 0.3 is 0 Å². The number of amides is 2. The van der Waals surface area contributed by atoms with E-state index in [2.05, 4.69) is 6.92 Å². The second kappa shape index (κ2) is 7.68. The van der Waals surface area contributed by atoms with Crippen LogP contribution in [-0.4, -0.2) is 47.8 Å². The van der Waals surface area contributed by atoms with Gasteiger partial charge in [-0.3, -0.25) is 9.59 Å². The van der Waals surface area contributed by atoms with Crippen LogP contribution < -0.4 is 0 Å². The highest BCUT2D eigenvalue weighted by molar-refractivity contribution is 7.12. The minimum Gasteiger partial charge on any atom is -0.342 e. The molecule has 0 radical (unpaired) electrons. The van der Waals surface area contributed by atoms with Gasteiger partial charge in [0.15, 0.2) is 0 Å². The third-order valence-electron chi connectivity index (χ3n) is 5.77. The summed E-state index contributed by atoms with van der Waals surface area (Å²) in [5, 5.41) is 1.93. The van der Waals surface area contributed by atoms with Crippen molar-refractivity contribution < 1.29 is 9.59 Å². The Bertz CT molecular complexity index is 564. The Morgan fingerprint density at radius 3 is 2.50 bits per heavy atom. The number of piperidine rings is 1. The van der Waals surface area contributed by atoms with Crippen molar-refractivity contribution >= 4 is 23.2 Å². The van der Waals surface area contributed by atoms with Crippen molar-refractivity contribution in [1.82, 2.24) is 9.80 Å². The second-order valence-electron chi connectivity index (χ2n) is 7.32. The van der Waals surface area contributed by atoms with Crippen molar-refractivity contribution in [3.05, 3.63) is 22.4 Å². The molecule has 2 amide bonds. The SMILES string of the molecule is CC1CCCCC1N(C)C(=O)C1CCN(C(=O)c2cccs2)CC1. The van der Waals surface area contributed by atoms with Gasteiger partial charge in [-0.15, -0.1) is 11.3 Å². The number of nitrogens with zero attached hydrogens (tertiary/aromatic N) is 2. The minimum absolute atomic E-state index is 0.0801. The molecule has 0 aromatic carbocycles. The smallest absolute Gasteiger partial charge is 0.263 e. The highest BCUT2D eigenvalue weighted by Crippen LogP contribution is 2.30. The van der Waals surface area contributed by atoms with Crippen molar-refractivity contribution in [2.45, 2.75) is 51.5 Å². The molecule has 2 fully saturated rings. The Kier molecular flexibility index (Phi) is 5.59. The van der Waals surface area contributed by atoms with E-state index >= 15 is 0 Å². The van der Waals surface area contributed by atoms with Gasteiger partial charge in [0.25, 0.3) is 5.91 Å². The van der Waals surface area contributed by atoms with Gasteiger partial charge in [-0.25, -0.2) is 0 Å². The van der Waals surface area contributed by atoms with Crippen LogP contribution >= 0.6 is 11.3 Å². The molecule has 1 saturated carbocycles. The van der Waals surface area contributed by atoms with E-state index in [-0.39, 0.29) is 17.7 Å². The first-order chi connectivity index (χ1) is 11.6. The molecule has 1 aliphatic carbocycles. The number of thiophene rings is 1. The van der Waals surface area contributed by atoms with Gasteiger partial charge in [0.05, 0.1) is 4.88 Å². The topological polar surface area (TPSA) is 40.6 Å². The zero-order valence-electron chi connectivity index (χ0n) is 14.7. The first-order valence-electron chi connectivity index (χ1n) is 9.17. The predicted octanol–water partition coefficient (Wildman–Crippen LogP) is 3.64. The summed E-state index contributed by atoms with van der Waals surface area (Å²) in [4.78, 5) is 30.0. The number of likely N-dealkylation sites (tertiary alicyclic amines) is 1. The summed E-state index contributed by atoms with van der Waals surface area (Å²) in [5.74, 6) is 1.09. The highest BCUT2D eigenvalue weighted by Gasteiger charge is 2.34. The van der Waals surface area contributed by atoms with Crippen molar-refractivity contribution in [2.24, 2.45) is 11.8 Å². The van der Waals surface area contributed by atoms with E-state index < -0.39 is 0 Å². The quantitative estimate of drug-likeness (QED) is 0.837. The molecule has 1 aliphatic heterocycles. The maximum Gasteiger partial charge on any atom is 0.263 e. The zero-order chi connectivity index (χ0) is 17.1. The molecule has 2 aliphatic rings. The van der Waals surface area contributed by atoms with Crippen LogP contribution in [0.4, 0.5) is 0 Å². The van der Waals surface area contributed by atoms with Gasteiger partial charge in [-0.1, -0.05) is 25.8 Å². The molecule has 2 unspecified atom stereocenters. The fourth-order valence-electron chi connectivity index (χ4n) is 4.21. The molecule has 0 bridgehead atoms. The van der Waals surface area contributed by atoms with Gasteiger partial charge in [0, 0.05) is 32.1 Å². The third kappa shape index (κ3) is 3.66. The molecule has 0 N–H and O–H groups in total. The summed E-state index contributed by atoms with van der Waals surface area (Å²) in [6.45, 7) is 3.66. The molecular weight excluding hydrogens is 320 g/mol. The Morgan fingerprint density at radius 2 is 1.88 bits per heavy atom. The normalized spacial score (nSPS) is 25.5. The molecule has 3 rings (SSSR count). The Morgan fingerprint density at radius 1 is 1.17 bits per heavy atom. The number of carbonyl (C=O) groups excluding carboxylic acids is 2. The average Bonchev–Trinajstić information content (AvgIpc) is 3.15. The molecule has 1 aromatic rings. The van der Waals surface area contributed by atoms with Crippen LogP contribution in [0.25, 0.3) is 0 Å². The number of hydrogen-bond donors (Lipinski definition) is 0. The van der Waals surface area contributed by atoms with Gasteiger partial charge in [-0.05, 0) is 43.0 Å². The van der Waals surface area contributed by atoms with Crippen LogP contribution in [-0.2, 0) is 4.79 Å². The van der Waals surface area contributed by atoms with Gasteiger partial charge in [-0.2, -0.15) is 0 Å². The number of carbonyl (C=O) groups is 2. The fraction of sp³-hybridized carbons (Fsp3) is 0.684. The van der Waals surface area contributed by atoms with Crippen molar-refractivity contribution in [2.75, 3.05) is 20.1 Å². The van der Waals surface area contributed by atoms with E-state index in [1.807, 2.05) is 34.4 Å². The lowest BCUT2D eigenvalue weighted by Crippen LogP contribution is -2.48. The summed E-state index contributed by atoms with van der Waals surface area (Å²) in [5.41, 5.74) is 0. The zero-order valence-corrected chi connectivity index (χ0v) is 15.6. The van der Waals surface area contributed by atoms with Crippen molar-refractivity contribution in [3.63, 3.8) is 0 Å². The van der Waals surface area contributed by atoms with E-state index in [1.54, 1.807) is 0 Å². The molecule has 2 atom stereocenters. The molecule has 0 spiro atoms. The van der Waals surface area contributed by atoms with Crippen LogP contribution in [0.2, 0.25) is 0 Å². The lowest BCUT2D eigenvalue weighted by atomic mass is 9.84. The van der Waals surface area contributed by atoms with Gasteiger partial charge < -0.3 is 9.80 Å². The first kappa shape index (κ1) is 17.5. The third-order valence-corrected chi connectivity index (χ3v) is 6.63. The summed E-state index contributed by atoms with van der Waals surface area (Å²) in [6, 6.07) is 4.19. The molecule has 132 valence electrons. The van der Waals surface area contributed by atoms with Gasteiger partial charge in [0.1, 0.15) is 0 Å². The average molecular weight is 349 g/mol. The van der Waals surface area contributed by atoms with Crippen LogP contribution in [0.15, 0.2) is 17.5 Å². The Hall–Kier alpha value is -1.36. The van der Waals surface area contributed by atoms with Crippen LogP contribution in [0, 0.1) is 11.8 Å². The van der Waals surface area contributed by atoms with Gasteiger partial charge in [0.2, 0.25) is 5.91 Å². The van der Waals surface area contributed by atoms with E-state index in [4.69, 9.17) is 0 Å². The lowest BCUT2D eigenvalue weighted by molar-refractivity contribution is -0.139. The maximum atomic E-state index is 12.9. The Balaban J connectivity index is 1.54. The molecule has 1 saturated heterocycles. The largest absolute Gasteiger partial charge is 0.342 e. The highest BCUT2D eigenvalue weighted by atomic mass is 32.1. The standard InChI is InChI=1S/C19H28N2O2S/c1-14-6-3-4-7-16(14)20(2)18(22)15-9-11-21(12-10-15)19(23)17-8-5-13-24-17/h5,8,13-16H,3-4,6-7,9-12H2,1-2H3. The molecule has 2 heterocycles. The molecular formula is C19H28N2O2S. The first-order valence-corrected chi connectivity index (χ1v) is 10.1. The van der Waals surface area contributed by atoms with Crippen molar-refractivity contribution in [1.29, 1.82) is 0 Å². The van der Waals surface area contributed by atoms with E-state index in [0.29, 0.717) is 25.0 Å². The maximum absolute atomic E-state index is 12.9. The van der Waals surface area contributed by atoms with Crippen LogP contribution in [0.1, 0.15) is 55.1 Å². The number of rotatable bonds is 3. The molecule has 5 heteroatoms. The summed E-state index contributed by atoms with van der Waals surface area (Å²) >= 11 is 1.49.